The van der Waals surface area contributed by atoms with Crippen molar-refractivity contribution in [3.63, 3.8) is 0 Å². The number of carbonyl (C=O) groups is 1. The molecule has 1 atom stereocenters. The first kappa shape index (κ1) is 46.2. The molecule has 0 spiro atoms. The lowest BCUT2D eigenvalue weighted by Gasteiger charge is -2.48. The van der Waals surface area contributed by atoms with Crippen molar-refractivity contribution < 1.29 is 137 Å². The van der Waals surface area contributed by atoms with E-state index in [1.54, 1.807) is 0 Å². The molecular weight excluding hydrogens is 799 g/mol. The summed E-state index contributed by atoms with van der Waals surface area (Å²) >= 11 is 0. The van der Waals surface area contributed by atoms with Gasteiger partial charge in [0.05, 0.1) is 0 Å². The van der Waals surface area contributed by atoms with Crippen LogP contribution in [0.2, 0.25) is 0 Å². The maximum absolute atomic E-state index is 14.9. The fourth-order valence-corrected chi connectivity index (χ4v) is 2.85. The van der Waals surface area contributed by atoms with E-state index in [0.717, 1.165) is 0 Å². The maximum atomic E-state index is 14.9. The Morgan fingerprint density at radius 3 is 0.755 bits per heavy atom. The van der Waals surface area contributed by atoms with Gasteiger partial charge in [0.1, 0.15) is 0 Å². The van der Waals surface area contributed by atoms with Gasteiger partial charge in [0.25, 0.3) is 0 Å². The van der Waals surface area contributed by atoms with Gasteiger partial charge in [0.2, 0.25) is 0 Å². The highest BCUT2D eigenvalue weighted by atomic mass is 19.4. The highest BCUT2D eigenvalue weighted by molar-refractivity contribution is 5.87. The molecule has 0 amide bonds. The molecule has 0 heterocycles. The van der Waals surface area contributed by atoms with Crippen molar-refractivity contribution in [3.05, 3.63) is 12.2 Å². The quantitative estimate of drug-likeness (QED) is 0.112. The van der Waals surface area contributed by atoms with Crippen molar-refractivity contribution in [3.8, 4) is 0 Å². The summed E-state index contributed by atoms with van der Waals surface area (Å²) in [7, 11) is 0. The predicted octanol–water partition coefficient (Wildman–Crippen LogP) is 9.88. The monoisotopic (exact) mass is 804 g/mol. The van der Waals surface area contributed by atoms with Crippen molar-refractivity contribution in [2.75, 3.05) is 0 Å². The van der Waals surface area contributed by atoms with Crippen LogP contribution in [-0.4, -0.2) is 89.3 Å². The molecule has 1 unspecified atom stereocenters. The Morgan fingerprint density at radius 1 is 0.367 bits per heavy atom. The summed E-state index contributed by atoms with van der Waals surface area (Å²) in [5.41, 5.74) is -11.3. The molecule has 0 saturated heterocycles. The van der Waals surface area contributed by atoms with Crippen LogP contribution >= 0.6 is 0 Å². The zero-order chi connectivity index (χ0) is 40.9. The van der Waals surface area contributed by atoms with E-state index in [1.807, 2.05) is 11.3 Å². The summed E-state index contributed by atoms with van der Waals surface area (Å²) in [6.45, 7) is 1.83. The lowest BCUT2D eigenvalue weighted by atomic mass is 9.81. The van der Waals surface area contributed by atoms with Gasteiger partial charge in [0, 0.05) is 5.57 Å². The Hall–Kier alpha value is -2.82. The lowest BCUT2D eigenvalue weighted by Crippen LogP contribution is -2.81. The summed E-state index contributed by atoms with van der Waals surface area (Å²) in [6.07, 6.45) is -25.8. The van der Waals surface area contributed by atoms with Crippen LogP contribution in [0.25, 0.3) is 0 Å². The van der Waals surface area contributed by atoms with Gasteiger partial charge in [-0.1, -0.05) is 6.58 Å². The molecule has 0 fully saturated rings. The molecule has 292 valence electrons. The van der Waals surface area contributed by atoms with Crippen LogP contribution in [0.1, 0.15) is 6.92 Å². The molecule has 0 rings (SSSR count). The normalized spacial score (nSPS) is 17.5. The van der Waals surface area contributed by atoms with Gasteiger partial charge in [-0.25, -0.2) is 9.18 Å². The third-order valence-electron chi connectivity index (χ3n) is 5.72. The van der Waals surface area contributed by atoms with E-state index in [2.05, 4.69) is 0 Å². The molecule has 0 aliphatic heterocycles. The van der Waals surface area contributed by atoms with Crippen molar-refractivity contribution in [1.29, 1.82) is 0 Å². The van der Waals surface area contributed by atoms with E-state index in [-0.39, 0.29) is 6.92 Å². The molecule has 31 heteroatoms. The lowest BCUT2D eigenvalue weighted by molar-refractivity contribution is -0.497. The second-order valence-corrected chi connectivity index (χ2v) is 9.09. The molecule has 49 heavy (non-hydrogen) atoms. The van der Waals surface area contributed by atoms with Crippen LogP contribution in [-0.2, 0) is 9.53 Å². The first-order valence-corrected chi connectivity index (χ1v) is 10.4. The molecule has 0 aliphatic carbocycles. The second-order valence-electron chi connectivity index (χ2n) is 9.09. The van der Waals surface area contributed by atoms with Crippen molar-refractivity contribution >= 4 is 5.97 Å². The summed E-state index contributed by atoms with van der Waals surface area (Å²) in [5.74, 6) is -100. The maximum Gasteiger partial charge on any atom is 0.460 e. The fraction of sp³-hybridized carbons (Fsp3) is 0.833. The predicted molar refractivity (Wildman–Crippen MR) is 91.3 cm³/mol. The van der Waals surface area contributed by atoms with Gasteiger partial charge in [0.15, 0.2) is 0 Å². The highest BCUT2D eigenvalue weighted by Crippen LogP contribution is 2.69. The van der Waals surface area contributed by atoms with Crippen LogP contribution < -0.4 is 0 Å². The Kier molecular flexibility index (Phi) is 10.7. The summed E-state index contributed by atoms with van der Waals surface area (Å²) in [6, 6.07) is 0. The summed E-state index contributed by atoms with van der Waals surface area (Å²) < 4.78 is 392. The third-order valence-corrected chi connectivity index (χ3v) is 5.72. The topological polar surface area (TPSA) is 26.3 Å². The van der Waals surface area contributed by atoms with Gasteiger partial charge in [-0.2, -0.15) is 123 Å². The summed E-state index contributed by atoms with van der Waals surface area (Å²) in [5, 5.41) is 0. The minimum atomic E-state index is -10.0. The number of rotatable bonds is 12. The zero-order valence-electron chi connectivity index (χ0n) is 21.5. The zero-order valence-corrected chi connectivity index (χ0v) is 21.5. The molecule has 0 aliphatic rings. The molecule has 2 nitrogen and oxygen atoms in total. The molecule has 0 bridgehead atoms. The average Bonchev–Trinajstić information content (AvgIpc) is 2.84. The number of hydrogen-bond donors (Lipinski definition) is 0. The summed E-state index contributed by atoms with van der Waals surface area (Å²) in [4.78, 5) is 11.2. The van der Waals surface area contributed by atoms with Crippen LogP contribution in [0.15, 0.2) is 12.2 Å². The molecule has 0 N–H and O–H groups in total. The van der Waals surface area contributed by atoms with Gasteiger partial charge >= 0.3 is 89.3 Å². The van der Waals surface area contributed by atoms with E-state index in [4.69, 9.17) is 0 Å². The Balaban J connectivity index is 8.11. The minimum absolute atomic E-state index is 0.218. The van der Waals surface area contributed by atoms with Crippen LogP contribution in [0.5, 0.6) is 0 Å². The smallest absolute Gasteiger partial charge is 0.415 e. The molecule has 0 aromatic carbocycles. The van der Waals surface area contributed by atoms with Gasteiger partial charge in [-0.15, -0.1) is 0 Å². The number of hydrogen-bond acceptors (Lipinski definition) is 2. The van der Waals surface area contributed by atoms with Gasteiger partial charge in [-0.05, 0) is 6.92 Å². The number of carbonyl (C=O) groups excluding carboxylic acids is 1. The Labute approximate surface area is 246 Å². The van der Waals surface area contributed by atoms with Crippen LogP contribution in [0.3, 0.4) is 0 Å². The van der Waals surface area contributed by atoms with Crippen molar-refractivity contribution in [2.45, 2.75) is 90.3 Å². The standard InChI is InChI=1S/C18H5F29O2/c1-3(2)4(48)49-15(38,5(19,16(39,40)41)17(42,43)44)13(34,35)11(30,31)9(26,27)7(22,23)6(20,21)8(24,25)10(28,29)12(32,33)14(36,37)18(45,46)47/h1H2,2H3. The minimum Gasteiger partial charge on any atom is -0.415 e. The first-order valence-electron chi connectivity index (χ1n) is 10.4. The Morgan fingerprint density at radius 2 is 0.571 bits per heavy atom. The SMILES string of the molecule is C=C(C)C(=O)OC(F)(C(F)(F)C(F)(F)C(F)(F)C(F)(F)C(F)(F)C(F)(F)C(F)(F)C(F)(F)C(F)(F)C(F)(F)F)C(F)(C(F)(F)F)C(F)(F)F. The number of ether oxygens (including phenoxy) is 1. The van der Waals surface area contributed by atoms with Crippen molar-refractivity contribution in [2.24, 2.45) is 0 Å². The van der Waals surface area contributed by atoms with Gasteiger partial charge < -0.3 is 4.74 Å². The molecule has 0 aromatic heterocycles. The molecule has 0 saturated carbocycles. The highest BCUT2D eigenvalue weighted by Gasteiger charge is 3.02. The number of esters is 1. The van der Waals surface area contributed by atoms with Gasteiger partial charge in [-0.3, -0.25) is 0 Å². The van der Waals surface area contributed by atoms with E-state index in [0.29, 0.717) is 0 Å². The van der Waals surface area contributed by atoms with E-state index >= 15 is 0 Å². The molecule has 0 aromatic rings. The van der Waals surface area contributed by atoms with Crippen LogP contribution in [0.4, 0.5) is 127 Å². The van der Waals surface area contributed by atoms with E-state index < -0.39 is 94.9 Å². The van der Waals surface area contributed by atoms with E-state index in [1.165, 1.54) is 0 Å². The average molecular weight is 804 g/mol. The Bertz CT molecular complexity index is 1250. The molecule has 0 radical (unpaired) electrons. The van der Waals surface area contributed by atoms with Crippen molar-refractivity contribution in [1.82, 2.24) is 0 Å². The second kappa shape index (κ2) is 11.3. The van der Waals surface area contributed by atoms with E-state index in [9.17, 15) is 132 Å². The fourth-order valence-electron chi connectivity index (χ4n) is 2.85. The number of alkyl halides is 29. The molecular formula is C18H5F29O2. The number of halogens is 29. The first-order chi connectivity index (χ1) is 20.6. The third kappa shape index (κ3) is 5.55. The van der Waals surface area contributed by atoms with Crippen LogP contribution in [0, 0.1) is 0 Å². The largest absolute Gasteiger partial charge is 0.460 e.